The third-order valence-corrected chi connectivity index (χ3v) is 3.88. The Hall–Kier alpha value is -1.55. The van der Waals surface area contributed by atoms with E-state index in [0.29, 0.717) is 18.7 Å². The smallest absolute Gasteiger partial charge is 0.256 e. The van der Waals surface area contributed by atoms with Gasteiger partial charge in [0.05, 0.1) is 11.7 Å². The third kappa shape index (κ3) is 2.89. The van der Waals surface area contributed by atoms with E-state index in [4.69, 9.17) is 0 Å². The van der Waals surface area contributed by atoms with Crippen LogP contribution in [0.2, 0.25) is 0 Å². The first-order valence-corrected chi connectivity index (χ1v) is 6.78. The molecule has 4 nitrogen and oxygen atoms in total. The zero-order valence-corrected chi connectivity index (χ0v) is 11.8. The summed E-state index contributed by atoms with van der Waals surface area (Å²) >= 11 is 0. The van der Waals surface area contributed by atoms with Gasteiger partial charge in [-0.1, -0.05) is 18.6 Å². The van der Waals surface area contributed by atoms with Crippen molar-refractivity contribution in [2.45, 2.75) is 26.4 Å². The molecule has 1 fully saturated rings. The van der Waals surface area contributed by atoms with E-state index in [2.05, 4.69) is 5.32 Å². The number of hydrogen-bond donors (Lipinski definition) is 2. The van der Waals surface area contributed by atoms with Crippen LogP contribution in [-0.4, -0.2) is 42.2 Å². The second-order valence-corrected chi connectivity index (χ2v) is 5.38. The van der Waals surface area contributed by atoms with Crippen molar-refractivity contribution in [3.8, 4) is 0 Å². The largest absolute Gasteiger partial charge is 0.391 e. The number of aliphatic hydroxyl groups excluding tert-OH is 1. The van der Waals surface area contributed by atoms with Crippen molar-refractivity contribution in [2.75, 3.05) is 25.5 Å². The SMILES string of the molecule is CNc1ccc(C)cc1C(=O)N1CCC(C)C(O)C1. The summed E-state index contributed by atoms with van der Waals surface area (Å²) in [7, 11) is 1.81. The zero-order valence-electron chi connectivity index (χ0n) is 11.8. The van der Waals surface area contributed by atoms with Crippen molar-refractivity contribution < 1.29 is 9.90 Å². The number of aliphatic hydroxyl groups is 1. The van der Waals surface area contributed by atoms with E-state index in [1.54, 1.807) is 4.90 Å². The Balaban J connectivity index is 2.22. The van der Waals surface area contributed by atoms with E-state index in [-0.39, 0.29) is 11.8 Å². The second-order valence-electron chi connectivity index (χ2n) is 5.38. The Morgan fingerprint density at radius 1 is 1.47 bits per heavy atom. The van der Waals surface area contributed by atoms with Crippen LogP contribution >= 0.6 is 0 Å². The fourth-order valence-electron chi connectivity index (χ4n) is 2.46. The molecule has 19 heavy (non-hydrogen) atoms. The van der Waals surface area contributed by atoms with Crippen LogP contribution in [-0.2, 0) is 0 Å². The zero-order chi connectivity index (χ0) is 14.0. The predicted molar refractivity (Wildman–Crippen MR) is 76.4 cm³/mol. The fourth-order valence-corrected chi connectivity index (χ4v) is 2.46. The van der Waals surface area contributed by atoms with Crippen LogP contribution in [0.15, 0.2) is 18.2 Å². The lowest BCUT2D eigenvalue weighted by atomic mass is 9.95. The Bertz CT molecular complexity index is 473. The molecular formula is C15H22N2O2. The highest BCUT2D eigenvalue weighted by Crippen LogP contribution is 2.23. The number of amides is 1. The molecule has 1 aromatic rings. The van der Waals surface area contributed by atoms with Gasteiger partial charge in [-0.15, -0.1) is 0 Å². The number of β-amino-alcohol motifs (C(OH)–C–C–N with tert-alkyl or cyclic N) is 1. The highest BCUT2D eigenvalue weighted by Gasteiger charge is 2.28. The van der Waals surface area contributed by atoms with Gasteiger partial charge >= 0.3 is 0 Å². The molecule has 0 saturated carbocycles. The molecule has 0 bridgehead atoms. The van der Waals surface area contributed by atoms with Gasteiger partial charge < -0.3 is 15.3 Å². The quantitative estimate of drug-likeness (QED) is 0.855. The van der Waals surface area contributed by atoms with Crippen LogP contribution in [0.1, 0.15) is 29.3 Å². The highest BCUT2D eigenvalue weighted by atomic mass is 16.3. The monoisotopic (exact) mass is 262 g/mol. The fraction of sp³-hybridized carbons (Fsp3) is 0.533. The maximum atomic E-state index is 12.6. The maximum absolute atomic E-state index is 12.6. The molecule has 104 valence electrons. The van der Waals surface area contributed by atoms with Crippen LogP contribution in [0, 0.1) is 12.8 Å². The first-order chi connectivity index (χ1) is 9.02. The third-order valence-electron chi connectivity index (χ3n) is 3.88. The van der Waals surface area contributed by atoms with Gasteiger partial charge in [0, 0.05) is 25.8 Å². The molecule has 2 atom stereocenters. The van der Waals surface area contributed by atoms with Crippen molar-refractivity contribution in [1.29, 1.82) is 0 Å². The minimum Gasteiger partial charge on any atom is -0.391 e. The summed E-state index contributed by atoms with van der Waals surface area (Å²) in [6.07, 6.45) is 0.439. The van der Waals surface area contributed by atoms with Crippen molar-refractivity contribution in [1.82, 2.24) is 4.90 Å². The van der Waals surface area contributed by atoms with Crippen LogP contribution in [0.5, 0.6) is 0 Å². The van der Waals surface area contributed by atoms with Crippen LogP contribution in [0.25, 0.3) is 0 Å². The number of rotatable bonds is 2. The number of carbonyl (C=O) groups is 1. The van der Waals surface area contributed by atoms with E-state index < -0.39 is 6.10 Å². The summed E-state index contributed by atoms with van der Waals surface area (Å²) in [4.78, 5) is 14.3. The van der Waals surface area contributed by atoms with Crippen LogP contribution < -0.4 is 5.32 Å². The molecule has 0 spiro atoms. The Kier molecular flexibility index (Phi) is 4.10. The highest BCUT2D eigenvalue weighted by molar-refractivity contribution is 5.99. The molecule has 2 N–H and O–H groups in total. The normalized spacial score (nSPS) is 23.3. The number of nitrogens with one attached hydrogen (secondary N) is 1. The van der Waals surface area contributed by atoms with Gasteiger partial charge in [-0.3, -0.25) is 4.79 Å². The van der Waals surface area contributed by atoms with Gasteiger partial charge in [0.25, 0.3) is 5.91 Å². The Morgan fingerprint density at radius 3 is 2.84 bits per heavy atom. The second kappa shape index (κ2) is 5.61. The minimum absolute atomic E-state index is 0.000926. The molecule has 2 rings (SSSR count). The number of hydrogen-bond acceptors (Lipinski definition) is 3. The molecule has 1 aliphatic heterocycles. The molecule has 0 aliphatic carbocycles. The summed E-state index contributed by atoms with van der Waals surface area (Å²) in [6, 6.07) is 5.81. The number of benzene rings is 1. The first kappa shape index (κ1) is 13.9. The van der Waals surface area contributed by atoms with E-state index in [0.717, 1.165) is 17.7 Å². The Morgan fingerprint density at radius 2 is 2.21 bits per heavy atom. The van der Waals surface area contributed by atoms with E-state index in [1.807, 2.05) is 39.1 Å². The first-order valence-electron chi connectivity index (χ1n) is 6.78. The van der Waals surface area contributed by atoms with Crippen molar-refractivity contribution in [3.05, 3.63) is 29.3 Å². The molecule has 2 unspecified atom stereocenters. The van der Waals surface area contributed by atoms with Crippen molar-refractivity contribution >= 4 is 11.6 Å². The summed E-state index contributed by atoms with van der Waals surface area (Å²) < 4.78 is 0. The molecule has 0 radical (unpaired) electrons. The van der Waals surface area contributed by atoms with Crippen molar-refractivity contribution in [2.24, 2.45) is 5.92 Å². The Labute approximate surface area is 114 Å². The van der Waals surface area contributed by atoms with E-state index in [9.17, 15) is 9.90 Å². The molecule has 1 heterocycles. The minimum atomic E-state index is -0.416. The van der Waals surface area contributed by atoms with Crippen LogP contribution in [0.3, 0.4) is 0 Å². The lowest BCUT2D eigenvalue weighted by molar-refractivity contribution is 0.0249. The average molecular weight is 262 g/mol. The summed E-state index contributed by atoms with van der Waals surface area (Å²) in [5.41, 5.74) is 2.58. The molecule has 1 aliphatic rings. The number of carbonyl (C=O) groups excluding carboxylic acids is 1. The van der Waals surface area contributed by atoms with Gasteiger partial charge in [0.15, 0.2) is 0 Å². The summed E-state index contributed by atoms with van der Waals surface area (Å²) in [6.45, 7) is 5.15. The van der Waals surface area contributed by atoms with E-state index >= 15 is 0 Å². The van der Waals surface area contributed by atoms with Crippen LogP contribution in [0.4, 0.5) is 5.69 Å². The number of piperidine rings is 1. The summed E-state index contributed by atoms with van der Waals surface area (Å²) in [5.74, 6) is 0.268. The van der Waals surface area contributed by atoms with Gasteiger partial charge in [0.2, 0.25) is 0 Å². The number of likely N-dealkylation sites (tertiary alicyclic amines) is 1. The van der Waals surface area contributed by atoms with Gasteiger partial charge in [-0.05, 0) is 31.4 Å². The lowest BCUT2D eigenvalue weighted by Gasteiger charge is -2.34. The topological polar surface area (TPSA) is 52.6 Å². The molecule has 1 saturated heterocycles. The number of nitrogens with zero attached hydrogens (tertiary/aromatic N) is 1. The molecule has 0 aromatic heterocycles. The maximum Gasteiger partial charge on any atom is 0.256 e. The molecule has 1 amide bonds. The number of aryl methyl sites for hydroxylation is 1. The number of anilines is 1. The molecular weight excluding hydrogens is 240 g/mol. The molecule has 4 heteroatoms. The van der Waals surface area contributed by atoms with Crippen molar-refractivity contribution in [3.63, 3.8) is 0 Å². The predicted octanol–water partition coefficient (Wildman–Crippen LogP) is 1.88. The summed E-state index contributed by atoms with van der Waals surface area (Å²) in [5, 5.41) is 13.0. The van der Waals surface area contributed by atoms with Gasteiger partial charge in [0.1, 0.15) is 0 Å². The lowest BCUT2D eigenvalue weighted by Crippen LogP contribution is -2.46. The van der Waals surface area contributed by atoms with Gasteiger partial charge in [-0.2, -0.15) is 0 Å². The molecule has 1 aromatic carbocycles. The van der Waals surface area contributed by atoms with E-state index in [1.165, 1.54) is 0 Å². The average Bonchev–Trinajstić information content (AvgIpc) is 2.41. The van der Waals surface area contributed by atoms with Gasteiger partial charge in [-0.25, -0.2) is 0 Å². The standard InChI is InChI=1S/C15H22N2O2/c1-10-4-5-13(16-3)12(8-10)15(19)17-7-6-11(2)14(18)9-17/h4-5,8,11,14,16,18H,6-7,9H2,1-3H3.